The second-order valence-electron chi connectivity index (χ2n) is 42.9. The van der Waals surface area contributed by atoms with Crippen LogP contribution in [0.15, 0.2) is 243 Å². The van der Waals surface area contributed by atoms with Gasteiger partial charge in [-0.05, 0) is 254 Å². The Bertz CT molecular complexity index is 4260. The number of ether oxygens (including phenoxy) is 1. The molecule has 0 saturated carbocycles. The van der Waals surface area contributed by atoms with Crippen molar-refractivity contribution < 1.29 is 17.9 Å². The summed E-state index contributed by atoms with van der Waals surface area (Å²) in [6.45, 7) is 73.9. The third-order valence-corrected chi connectivity index (χ3v) is 18.4. The number of aryl methyl sites for hydroxylation is 6. The maximum absolute atomic E-state index is 11.9. The SMILES string of the molecule is C.C.CC(C)(C)Cc1ccc(-c2ccccc2)cc1.CC(C)(C)Cc1ccc(C(C)(C)C)cc1.CC(C)(C)Cc1ccc(OC(F)(F)F)cc1.CC(C)(C)Cc1cccc(-c2ccccc2)c1.CC(C)(C)Cc1ccccc1.Cc1ccc(C)c(CC(C)(C)C)c1.Cc1ccc(CC(C)(C)C)cc1C.Cc1ccc(CC(C)(C)C)cc1C. The van der Waals surface area contributed by atoms with Crippen LogP contribution in [-0.4, -0.2) is 6.36 Å². The molecule has 0 aliphatic heterocycles. The van der Waals surface area contributed by atoms with E-state index in [-0.39, 0.29) is 31.4 Å². The quantitative estimate of drug-likeness (QED) is 0.125. The van der Waals surface area contributed by atoms with Crippen LogP contribution in [-0.2, 0) is 56.8 Å². The van der Waals surface area contributed by atoms with Crippen LogP contribution in [0.5, 0.6) is 5.75 Å². The largest absolute Gasteiger partial charge is 0.573 e. The van der Waals surface area contributed by atoms with Crippen LogP contribution in [0.2, 0.25) is 0 Å². The van der Waals surface area contributed by atoms with E-state index < -0.39 is 6.36 Å². The van der Waals surface area contributed by atoms with Gasteiger partial charge in [0.05, 0.1) is 0 Å². The molecule has 10 aromatic carbocycles. The number of rotatable bonds is 11. The Morgan fingerprint density at radius 1 is 0.222 bits per heavy atom. The maximum Gasteiger partial charge on any atom is 0.573 e. The van der Waals surface area contributed by atoms with Gasteiger partial charge in [-0.15, -0.1) is 13.2 Å². The summed E-state index contributed by atoms with van der Waals surface area (Å²) in [5, 5.41) is 0. The third-order valence-electron chi connectivity index (χ3n) is 18.4. The van der Waals surface area contributed by atoms with Gasteiger partial charge in [-0.2, -0.15) is 0 Å². The first-order chi connectivity index (χ1) is 52.7. The van der Waals surface area contributed by atoms with Gasteiger partial charge in [0.25, 0.3) is 0 Å². The zero-order chi connectivity index (χ0) is 87.2. The fraction of sp³-hybridized carbons (Fsp3) is 0.469. The number of hydrogen-bond acceptors (Lipinski definition) is 1. The lowest BCUT2D eigenvalue weighted by atomic mass is 9.84. The lowest BCUT2D eigenvalue weighted by Crippen LogP contribution is -2.17. The molecule has 10 rings (SSSR count). The lowest BCUT2D eigenvalue weighted by Gasteiger charge is -2.21. The first-order valence-corrected chi connectivity index (χ1v) is 42.1. The highest BCUT2D eigenvalue weighted by Crippen LogP contribution is 2.32. The van der Waals surface area contributed by atoms with Crippen LogP contribution >= 0.6 is 0 Å². The fourth-order valence-electron chi connectivity index (χ4n) is 13.1. The van der Waals surface area contributed by atoms with Crippen LogP contribution in [0.1, 0.15) is 285 Å². The molecule has 0 atom stereocenters. The van der Waals surface area contributed by atoms with E-state index in [2.05, 4.69) is 452 Å². The molecule has 0 radical (unpaired) electrons. The van der Waals surface area contributed by atoms with Gasteiger partial charge < -0.3 is 4.74 Å². The van der Waals surface area contributed by atoms with Crippen LogP contribution in [0.4, 0.5) is 13.2 Å². The number of hydrogen-bond donors (Lipinski definition) is 0. The molecule has 1 nitrogen and oxygen atoms in total. The van der Waals surface area contributed by atoms with E-state index in [0.29, 0.717) is 37.9 Å². The number of alkyl halides is 3. The summed E-state index contributed by atoms with van der Waals surface area (Å²) in [7, 11) is 0. The highest BCUT2D eigenvalue weighted by atomic mass is 19.4. The molecule has 642 valence electrons. The Morgan fingerprint density at radius 3 is 0.821 bits per heavy atom. The minimum Gasteiger partial charge on any atom is -0.406 e. The van der Waals surface area contributed by atoms with Gasteiger partial charge in [-0.1, -0.05) is 438 Å². The van der Waals surface area contributed by atoms with Crippen molar-refractivity contribution in [2.24, 2.45) is 43.3 Å². The van der Waals surface area contributed by atoms with E-state index in [0.717, 1.165) is 50.5 Å². The Morgan fingerprint density at radius 2 is 0.487 bits per heavy atom. The zero-order valence-corrected chi connectivity index (χ0v) is 78.3. The predicted molar refractivity (Wildman–Crippen MR) is 515 cm³/mol. The van der Waals surface area contributed by atoms with Crippen molar-refractivity contribution in [2.45, 2.75) is 306 Å². The van der Waals surface area contributed by atoms with Crippen LogP contribution < -0.4 is 4.74 Å². The third kappa shape index (κ3) is 51.0. The van der Waals surface area contributed by atoms with E-state index in [1.165, 1.54) is 119 Å². The molecule has 0 bridgehead atoms. The summed E-state index contributed by atoms with van der Waals surface area (Å²) in [5.41, 5.74) is 29.1. The molecule has 0 spiro atoms. The minimum absolute atomic E-state index is 0. The Balaban J connectivity index is 0.000000669. The van der Waals surface area contributed by atoms with E-state index in [1.54, 1.807) is 12.1 Å². The summed E-state index contributed by atoms with van der Waals surface area (Å²) in [6, 6.07) is 84.8. The van der Waals surface area contributed by atoms with Gasteiger partial charge >= 0.3 is 6.36 Å². The topological polar surface area (TPSA) is 9.23 Å². The van der Waals surface area contributed by atoms with Crippen molar-refractivity contribution in [3.63, 3.8) is 0 Å². The smallest absolute Gasteiger partial charge is 0.406 e. The molecule has 4 heteroatoms. The highest BCUT2D eigenvalue weighted by Gasteiger charge is 2.31. The molecule has 0 unspecified atom stereocenters. The molecular formula is C113H163F3O. The zero-order valence-electron chi connectivity index (χ0n) is 78.3. The number of halogens is 3. The molecule has 0 aliphatic rings. The monoisotopic (exact) mass is 1590 g/mol. The van der Waals surface area contributed by atoms with Crippen LogP contribution in [0.25, 0.3) is 22.3 Å². The maximum atomic E-state index is 11.9. The molecule has 0 fully saturated rings. The van der Waals surface area contributed by atoms with Gasteiger partial charge in [0, 0.05) is 0 Å². The molecule has 0 saturated heterocycles. The molecule has 117 heavy (non-hydrogen) atoms. The Kier molecular flexibility index (Phi) is 43.4. The molecule has 0 N–H and O–H groups in total. The van der Waals surface area contributed by atoms with Crippen molar-refractivity contribution in [1.82, 2.24) is 0 Å². The first kappa shape index (κ1) is 107. The fourth-order valence-corrected chi connectivity index (χ4v) is 13.1. The molecule has 0 heterocycles. The normalized spacial score (nSPS) is 11.7. The molecule has 0 amide bonds. The lowest BCUT2D eigenvalue weighted by molar-refractivity contribution is -0.274. The highest BCUT2D eigenvalue weighted by molar-refractivity contribution is 5.64. The van der Waals surface area contributed by atoms with E-state index >= 15 is 0 Å². The van der Waals surface area contributed by atoms with Crippen molar-refractivity contribution >= 4 is 0 Å². The predicted octanol–water partition coefficient (Wildman–Crippen LogP) is 34.9. The van der Waals surface area contributed by atoms with Crippen molar-refractivity contribution in [3.8, 4) is 28.0 Å². The standard InChI is InChI=1S/2C17H20.C15H24.3C13H20.C12H15F3O.C11H16.2CH4/c1-17(2,3)13-14-8-7-11-16(12-14)15-9-5-4-6-10-15;1-17(2,3)13-14-9-11-16(12-10-14)15-7-5-4-6-8-15;1-14(2,3)11-12-7-9-13(10-8-12)15(4,5)6;2*1-10-6-7-12(8-11(10)2)9-13(3,4)5;1-10-6-7-11(2)12(8-10)9-13(3,4)5;1-11(2,3)8-9-4-6-10(7-5-9)16-12(13,14)15;1-11(2,3)9-10-7-5-4-6-8-10;;/h2*4-12H,13H2,1-3H3;7-10H,11H2,1-6H3;3*6-8H,9H2,1-5H3;4-7H,8H2,1-3H3;4-8H,9H2,1-3H3;2*1H4. The summed E-state index contributed by atoms with van der Waals surface area (Å²) in [4.78, 5) is 0. The van der Waals surface area contributed by atoms with Gasteiger partial charge in [0.2, 0.25) is 0 Å². The van der Waals surface area contributed by atoms with Gasteiger partial charge in [-0.25, -0.2) is 0 Å². The van der Waals surface area contributed by atoms with Crippen molar-refractivity contribution in [2.75, 3.05) is 0 Å². The summed E-state index contributed by atoms with van der Waals surface area (Å²) >= 11 is 0. The van der Waals surface area contributed by atoms with E-state index in [9.17, 15) is 13.2 Å². The van der Waals surface area contributed by atoms with Crippen LogP contribution in [0, 0.1) is 84.9 Å². The molecule has 0 aliphatic carbocycles. The Labute approximate surface area is 717 Å². The number of benzene rings is 10. The van der Waals surface area contributed by atoms with Crippen molar-refractivity contribution in [1.29, 1.82) is 0 Å². The average molecular weight is 1590 g/mol. The second-order valence-corrected chi connectivity index (χ2v) is 42.9. The van der Waals surface area contributed by atoms with E-state index in [4.69, 9.17) is 0 Å². The van der Waals surface area contributed by atoms with Crippen molar-refractivity contribution in [3.05, 3.63) is 326 Å². The van der Waals surface area contributed by atoms with Gasteiger partial charge in [0.15, 0.2) is 0 Å². The molecule has 10 aromatic rings. The summed E-state index contributed by atoms with van der Waals surface area (Å²) < 4.78 is 39.5. The molecule has 0 aromatic heterocycles. The summed E-state index contributed by atoms with van der Waals surface area (Å²) in [5.74, 6) is -0.176. The Hall–Kier alpha value is -8.21. The van der Waals surface area contributed by atoms with Gasteiger partial charge in [0.1, 0.15) is 5.75 Å². The summed E-state index contributed by atoms with van der Waals surface area (Å²) in [6.07, 6.45) is 4.24. The van der Waals surface area contributed by atoms with Gasteiger partial charge in [-0.3, -0.25) is 0 Å². The minimum atomic E-state index is -4.62. The molecular weight excluding hydrogens is 1430 g/mol. The average Bonchev–Trinajstić information content (AvgIpc) is 0.876. The second kappa shape index (κ2) is 47.5. The van der Waals surface area contributed by atoms with Crippen LogP contribution in [0.3, 0.4) is 0 Å². The first-order valence-electron chi connectivity index (χ1n) is 42.1. The van der Waals surface area contributed by atoms with E-state index in [1.807, 2.05) is 0 Å².